The fourth-order valence-corrected chi connectivity index (χ4v) is 5.50. The first kappa shape index (κ1) is 21.2. The number of fused-ring (bicyclic) bond motifs is 1. The molecule has 0 unspecified atom stereocenters. The summed E-state index contributed by atoms with van der Waals surface area (Å²) in [7, 11) is -3.24. The van der Waals surface area contributed by atoms with Gasteiger partial charge in [-0.25, -0.2) is 8.42 Å². The molecule has 33 heavy (non-hydrogen) atoms. The number of H-pyrrole nitrogens is 1. The summed E-state index contributed by atoms with van der Waals surface area (Å²) in [4.78, 5) is 16.4. The zero-order chi connectivity index (χ0) is 23.2. The second-order valence-corrected chi connectivity index (χ2v) is 10.7. The van der Waals surface area contributed by atoms with Gasteiger partial charge in [-0.1, -0.05) is 66.7 Å². The number of aromatic amines is 1. The maximum Gasteiger partial charge on any atom is 0.260 e. The van der Waals surface area contributed by atoms with Crippen molar-refractivity contribution in [1.82, 2.24) is 4.98 Å². The van der Waals surface area contributed by atoms with Crippen LogP contribution in [0.25, 0.3) is 43.6 Å². The Labute approximate surface area is 194 Å². The molecule has 2 heterocycles. The monoisotopic (exact) mass is 473 g/mol. The van der Waals surface area contributed by atoms with E-state index < -0.39 is 9.84 Å². The molecule has 0 bridgehead atoms. The number of aromatic hydroxyl groups is 1. The van der Waals surface area contributed by atoms with E-state index in [1.807, 2.05) is 47.8 Å². The lowest BCUT2D eigenvalue weighted by Crippen LogP contribution is -2.08. The predicted molar refractivity (Wildman–Crippen MR) is 134 cm³/mol. The van der Waals surface area contributed by atoms with E-state index in [-0.39, 0.29) is 21.8 Å². The first-order chi connectivity index (χ1) is 15.8. The zero-order valence-corrected chi connectivity index (χ0v) is 19.2. The minimum atomic E-state index is -3.24. The zero-order valence-electron chi connectivity index (χ0n) is 17.6. The summed E-state index contributed by atoms with van der Waals surface area (Å²) in [5.41, 5.74) is 4.17. The van der Waals surface area contributed by atoms with Crippen LogP contribution >= 0.6 is 11.3 Å². The van der Waals surface area contributed by atoms with Crippen molar-refractivity contribution in [2.24, 2.45) is 0 Å². The van der Waals surface area contributed by atoms with Crippen LogP contribution in [0.5, 0.6) is 5.75 Å². The van der Waals surface area contributed by atoms with Gasteiger partial charge in [-0.15, -0.1) is 11.3 Å². The van der Waals surface area contributed by atoms with Gasteiger partial charge in [0.15, 0.2) is 9.84 Å². The Kier molecular flexibility index (Phi) is 5.15. The van der Waals surface area contributed by atoms with Gasteiger partial charge >= 0.3 is 0 Å². The van der Waals surface area contributed by atoms with Gasteiger partial charge in [-0.2, -0.15) is 0 Å². The van der Waals surface area contributed by atoms with Crippen LogP contribution in [0.3, 0.4) is 0 Å². The first-order valence-electron chi connectivity index (χ1n) is 10.2. The van der Waals surface area contributed by atoms with Gasteiger partial charge in [-0.3, -0.25) is 4.79 Å². The van der Waals surface area contributed by atoms with Gasteiger partial charge in [0.2, 0.25) is 0 Å². The van der Waals surface area contributed by atoms with E-state index in [1.54, 1.807) is 36.4 Å². The Bertz CT molecular complexity index is 1630. The average Bonchev–Trinajstić information content (AvgIpc) is 3.23. The number of hydrogen-bond donors (Lipinski definition) is 2. The molecule has 5 nitrogen and oxygen atoms in total. The normalized spacial score (nSPS) is 11.7. The lowest BCUT2D eigenvalue weighted by Gasteiger charge is -2.08. The molecular formula is C26H19NO4S2. The topological polar surface area (TPSA) is 87.2 Å². The van der Waals surface area contributed by atoms with Crippen LogP contribution in [0, 0.1) is 0 Å². The molecule has 0 aliphatic carbocycles. The van der Waals surface area contributed by atoms with Crippen molar-refractivity contribution in [3.05, 3.63) is 94.6 Å². The summed E-state index contributed by atoms with van der Waals surface area (Å²) in [6, 6.07) is 23.7. The van der Waals surface area contributed by atoms with Crippen LogP contribution in [0.4, 0.5) is 0 Å². The molecule has 0 fully saturated rings. The van der Waals surface area contributed by atoms with Crippen molar-refractivity contribution in [3.8, 4) is 39.1 Å². The first-order valence-corrected chi connectivity index (χ1v) is 12.9. The Morgan fingerprint density at radius 3 is 1.97 bits per heavy atom. The third-order valence-corrected chi connectivity index (χ3v) is 7.62. The van der Waals surface area contributed by atoms with Crippen LogP contribution < -0.4 is 5.56 Å². The fraction of sp³-hybridized carbons (Fsp3) is 0.0385. The molecule has 0 radical (unpaired) electrons. The third kappa shape index (κ3) is 3.86. The minimum absolute atomic E-state index is 0.0309. The van der Waals surface area contributed by atoms with Crippen molar-refractivity contribution in [1.29, 1.82) is 0 Å². The maximum absolute atomic E-state index is 12.6. The molecule has 0 atom stereocenters. The predicted octanol–water partition coefficient (Wildman–Crippen LogP) is 5.70. The molecule has 5 rings (SSSR count). The summed E-state index contributed by atoms with van der Waals surface area (Å²) in [6.07, 6.45) is 1.19. The highest BCUT2D eigenvalue weighted by Gasteiger charge is 2.18. The van der Waals surface area contributed by atoms with Crippen LogP contribution in [0.1, 0.15) is 0 Å². The smallest absolute Gasteiger partial charge is 0.260 e. The molecule has 7 heteroatoms. The summed E-state index contributed by atoms with van der Waals surface area (Å²) < 4.78 is 23.4. The highest BCUT2D eigenvalue weighted by atomic mass is 32.2. The number of aromatic nitrogens is 1. The SMILES string of the molecule is CS(=O)(=O)c1ccc(-c2ccc(-c3csc4[nH]c(=O)c(-c5ccccc5)c(O)c34)cc2)cc1. The Hall–Kier alpha value is -3.68. The Balaban J connectivity index is 1.57. The molecule has 3 aromatic carbocycles. The number of benzene rings is 3. The van der Waals surface area contributed by atoms with Gasteiger partial charge in [0.05, 0.1) is 15.8 Å². The average molecular weight is 474 g/mol. The number of rotatable bonds is 4. The number of sulfone groups is 1. The van der Waals surface area contributed by atoms with E-state index >= 15 is 0 Å². The third-order valence-electron chi connectivity index (χ3n) is 5.59. The summed E-state index contributed by atoms with van der Waals surface area (Å²) in [5, 5.41) is 13.6. The molecule has 0 aliphatic rings. The molecular weight excluding hydrogens is 454 g/mol. The molecule has 0 saturated carbocycles. The van der Waals surface area contributed by atoms with E-state index in [0.29, 0.717) is 15.8 Å². The van der Waals surface area contributed by atoms with Gasteiger partial charge < -0.3 is 10.1 Å². The highest BCUT2D eigenvalue weighted by molar-refractivity contribution is 7.90. The number of nitrogens with one attached hydrogen (secondary N) is 1. The van der Waals surface area contributed by atoms with Crippen molar-refractivity contribution < 1.29 is 13.5 Å². The van der Waals surface area contributed by atoms with Crippen molar-refractivity contribution in [2.75, 3.05) is 6.26 Å². The minimum Gasteiger partial charge on any atom is -0.506 e. The largest absolute Gasteiger partial charge is 0.506 e. The number of pyridine rings is 1. The molecule has 0 saturated heterocycles. The van der Waals surface area contributed by atoms with E-state index in [4.69, 9.17) is 0 Å². The van der Waals surface area contributed by atoms with Crippen molar-refractivity contribution >= 4 is 31.4 Å². The van der Waals surface area contributed by atoms with Crippen LogP contribution in [-0.4, -0.2) is 24.8 Å². The molecule has 2 aromatic heterocycles. The van der Waals surface area contributed by atoms with Gasteiger partial charge in [0, 0.05) is 17.2 Å². The highest BCUT2D eigenvalue weighted by Crippen LogP contribution is 2.41. The van der Waals surface area contributed by atoms with Crippen LogP contribution in [-0.2, 0) is 9.84 Å². The Morgan fingerprint density at radius 2 is 1.36 bits per heavy atom. The second-order valence-electron chi connectivity index (χ2n) is 7.77. The van der Waals surface area contributed by atoms with Gasteiger partial charge in [-0.05, 0) is 34.4 Å². The van der Waals surface area contributed by atoms with Crippen LogP contribution in [0.2, 0.25) is 0 Å². The van der Waals surface area contributed by atoms with Crippen molar-refractivity contribution in [2.45, 2.75) is 4.90 Å². The van der Waals surface area contributed by atoms with Gasteiger partial charge in [0.25, 0.3) is 5.56 Å². The molecule has 0 amide bonds. The molecule has 2 N–H and O–H groups in total. The van der Waals surface area contributed by atoms with E-state index in [1.165, 1.54) is 17.6 Å². The fourth-order valence-electron chi connectivity index (χ4n) is 3.91. The Morgan fingerprint density at radius 1 is 0.788 bits per heavy atom. The molecule has 5 aromatic rings. The number of hydrogen-bond acceptors (Lipinski definition) is 5. The lowest BCUT2D eigenvalue weighted by molar-refractivity contribution is 0.483. The standard InChI is InChI=1S/C26H19NO4S2/c1-33(30,31)20-13-11-17(12-14-20)16-7-9-18(10-8-16)21-15-32-26-23(21)24(28)22(25(29)27-26)19-5-3-2-4-6-19/h2-15H,1H3,(H2,27,28,29). The van der Waals surface area contributed by atoms with Crippen LogP contribution in [0.15, 0.2) is 93.9 Å². The summed E-state index contributed by atoms with van der Waals surface area (Å²) >= 11 is 1.37. The van der Waals surface area contributed by atoms with Gasteiger partial charge in [0.1, 0.15) is 10.6 Å². The lowest BCUT2D eigenvalue weighted by atomic mass is 9.98. The molecule has 0 aliphatic heterocycles. The van der Waals surface area contributed by atoms with E-state index in [2.05, 4.69) is 4.98 Å². The molecule has 0 spiro atoms. The van der Waals surface area contributed by atoms with E-state index in [0.717, 1.165) is 22.3 Å². The van der Waals surface area contributed by atoms with E-state index in [9.17, 15) is 18.3 Å². The summed E-state index contributed by atoms with van der Waals surface area (Å²) in [5.74, 6) is -0.0309. The quantitative estimate of drug-likeness (QED) is 0.351. The second kappa shape index (κ2) is 8.03. The van der Waals surface area contributed by atoms with Crippen molar-refractivity contribution in [3.63, 3.8) is 0 Å². The molecule has 164 valence electrons. The number of thiophene rings is 1. The summed E-state index contributed by atoms with van der Waals surface area (Å²) in [6.45, 7) is 0. The maximum atomic E-state index is 12.6.